The fraction of sp³-hybridized carbons (Fsp3) is 0.333. The lowest BCUT2D eigenvalue weighted by molar-refractivity contribution is -0.142. The smallest absolute Gasteiger partial charge is 0.310 e. The monoisotopic (exact) mass is 258 g/mol. The van der Waals surface area contributed by atoms with Crippen molar-refractivity contribution >= 4 is 27.6 Å². The first kappa shape index (κ1) is 11.0. The third-order valence-electron chi connectivity index (χ3n) is 1.57. The summed E-state index contributed by atoms with van der Waals surface area (Å²) in [6, 6.07) is 1.70. The Morgan fingerprint density at radius 3 is 3.07 bits per heavy atom. The number of hydrogen-bond donors (Lipinski definition) is 1. The molecule has 76 valence electrons. The molecule has 0 aliphatic carbocycles. The number of hydrogen-bond acceptors (Lipinski definition) is 4. The van der Waals surface area contributed by atoms with Gasteiger partial charge in [0.25, 0.3) is 0 Å². The van der Waals surface area contributed by atoms with Crippen LogP contribution in [-0.2, 0) is 16.0 Å². The third-order valence-corrected chi connectivity index (χ3v) is 2.29. The molecule has 1 heterocycles. The summed E-state index contributed by atoms with van der Waals surface area (Å²) >= 11 is 3.24. The number of nitrogens with two attached hydrogens (primary N) is 1. The van der Waals surface area contributed by atoms with E-state index in [9.17, 15) is 4.79 Å². The van der Waals surface area contributed by atoms with Crippen LogP contribution in [0.15, 0.2) is 16.9 Å². The van der Waals surface area contributed by atoms with Crippen LogP contribution in [0.1, 0.15) is 12.5 Å². The molecule has 0 saturated carbocycles. The minimum Gasteiger partial charge on any atom is -0.466 e. The fourth-order valence-corrected chi connectivity index (χ4v) is 1.36. The molecular weight excluding hydrogens is 248 g/mol. The van der Waals surface area contributed by atoms with Crippen molar-refractivity contribution in [3.63, 3.8) is 0 Å². The largest absolute Gasteiger partial charge is 0.466 e. The van der Waals surface area contributed by atoms with Gasteiger partial charge in [-0.15, -0.1) is 0 Å². The number of ether oxygens (including phenoxy) is 1. The second-order valence-electron chi connectivity index (χ2n) is 2.70. The number of aromatic nitrogens is 1. The van der Waals surface area contributed by atoms with Crippen LogP contribution in [0, 0.1) is 0 Å². The predicted octanol–water partition coefficient (Wildman–Crippen LogP) is 1.53. The fourth-order valence-electron chi connectivity index (χ4n) is 1.00. The number of nitrogens with zero attached hydrogens (tertiary/aromatic N) is 1. The highest BCUT2D eigenvalue weighted by atomic mass is 79.9. The van der Waals surface area contributed by atoms with Gasteiger partial charge in [0.1, 0.15) is 4.60 Å². The van der Waals surface area contributed by atoms with Gasteiger partial charge in [0.05, 0.1) is 24.9 Å². The number of pyridine rings is 1. The van der Waals surface area contributed by atoms with Crippen molar-refractivity contribution in [1.82, 2.24) is 4.98 Å². The summed E-state index contributed by atoms with van der Waals surface area (Å²) in [6.07, 6.45) is 1.71. The molecule has 0 aromatic carbocycles. The molecule has 0 fully saturated rings. The van der Waals surface area contributed by atoms with Crippen LogP contribution >= 0.6 is 15.9 Å². The van der Waals surface area contributed by atoms with Gasteiger partial charge in [0.2, 0.25) is 0 Å². The molecule has 0 unspecified atom stereocenters. The summed E-state index contributed by atoms with van der Waals surface area (Å²) in [7, 11) is 0. The van der Waals surface area contributed by atoms with Crippen molar-refractivity contribution in [2.75, 3.05) is 12.3 Å². The molecule has 1 rings (SSSR count). The first-order chi connectivity index (χ1) is 6.63. The normalized spacial score (nSPS) is 9.86. The molecule has 2 N–H and O–H groups in total. The highest BCUT2D eigenvalue weighted by Crippen LogP contribution is 2.17. The van der Waals surface area contributed by atoms with Gasteiger partial charge in [0.15, 0.2) is 0 Å². The zero-order chi connectivity index (χ0) is 10.6. The topological polar surface area (TPSA) is 65.2 Å². The van der Waals surface area contributed by atoms with E-state index in [0.717, 1.165) is 5.56 Å². The molecule has 0 saturated heterocycles. The zero-order valence-electron chi connectivity index (χ0n) is 7.79. The van der Waals surface area contributed by atoms with Crippen molar-refractivity contribution in [2.24, 2.45) is 0 Å². The minimum atomic E-state index is -0.277. The van der Waals surface area contributed by atoms with Crippen LogP contribution in [0.4, 0.5) is 5.69 Å². The first-order valence-electron chi connectivity index (χ1n) is 4.19. The summed E-state index contributed by atoms with van der Waals surface area (Å²) in [6.45, 7) is 2.15. The van der Waals surface area contributed by atoms with Gasteiger partial charge in [-0.3, -0.25) is 4.79 Å². The van der Waals surface area contributed by atoms with Gasteiger partial charge < -0.3 is 10.5 Å². The number of esters is 1. The molecule has 4 nitrogen and oxygen atoms in total. The van der Waals surface area contributed by atoms with Gasteiger partial charge in [-0.25, -0.2) is 4.98 Å². The molecule has 1 aromatic rings. The number of carbonyl (C=O) groups is 1. The molecular formula is C9H11BrN2O2. The number of nitrogen functional groups attached to an aromatic ring is 1. The maximum Gasteiger partial charge on any atom is 0.310 e. The summed E-state index contributed by atoms with van der Waals surface area (Å²) in [5.74, 6) is -0.277. The van der Waals surface area contributed by atoms with Crippen molar-refractivity contribution in [1.29, 1.82) is 0 Å². The van der Waals surface area contributed by atoms with E-state index >= 15 is 0 Å². The molecule has 0 radical (unpaired) electrons. The van der Waals surface area contributed by atoms with Crippen LogP contribution < -0.4 is 5.73 Å². The van der Waals surface area contributed by atoms with Gasteiger partial charge in [-0.1, -0.05) is 0 Å². The highest BCUT2D eigenvalue weighted by Gasteiger charge is 2.08. The first-order valence-corrected chi connectivity index (χ1v) is 4.98. The molecule has 0 aliphatic rings. The average molecular weight is 259 g/mol. The third kappa shape index (κ3) is 2.99. The van der Waals surface area contributed by atoms with E-state index in [1.54, 1.807) is 13.0 Å². The SMILES string of the molecule is CCOC(=O)Cc1cc(N)cnc1Br. The van der Waals surface area contributed by atoms with E-state index in [2.05, 4.69) is 20.9 Å². The van der Waals surface area contributed by atoms with Crippen LogP contribution in [0.2, 0.25) is 0 Å². The Balaban J connectivity index is 2.75. The van der Waals surface area contributed by atoms with E-state index in [1.807, 2.05) is 0 Å². The lowest BCUT2D eigenvalue weighted by Gasteiger charge is -2.04. The van der Waals surface area contributed by atoms with Gasteiger partial charge >= 0.3 is 5.97 Å². The summed E-state index contributed by atoms with van der Waals surface area (Å²) in [5.41, 5.74) is 6.82. The summed E-state index contributed by atoms with van der Waals surface area (Å²) < 4.78 is 5.44. The number of anilines is 1. The number of rotatable bonds is 3. The molecule has 0 atom stereocenters. The second-order valence-corrected chi connectivity index (χ2v) is 3.45. The van der Waals surface area contributed by atoms with Crippen molar-refractivity contribution in [2.45, 2.75) is 13.3 Å². The summed E-state index contributed by atoms with van der Waals surface area (Å²) in [4.78, 5) is 15.1. The van der Waals surface area contributed by atoms with Gasteiger partial charge in [-0.2, -0.15) is 0 Å². The van der Waals surface area contributed by atoms with Gasteiger partial charge in [-0.05, 0) is 34.5 Å². The highest BCUT2D eigenvalue weighted by molar-refractivity contribution is 9.10. The Kier molecular flexibility index (Phi) is 3.88. The van der Waals surface area contributed by atoms with E-state index in [1.165, 1.54) is 6.20 Å². The Morgan fingerprint density at radius 2 is 2.43 bits per heavy atom. The zero-order valence-corrected chi connectivity index (χ0v) is 9.37. The lowest BCUT2D eigenvalue weighted by atomic mass is 10.2. The Labute approximate surface area is 90.6 Å². The molecule has 5 heteroatoms. The Morgan fingerprint density at radius 1 is 1.71 bits per heavy atom. The van der Waals surface area contributed by atoms with Gasteiger partial charge in [0, 0.05) is 0 Å². The van der Waals surface area contributed by atoms with E-state index in [4.69, 9.17) is 10.5 Å². The van der Waals surface area contributed by atoms with E-state index in [-0.39, 0.29) is 12.4 Å². The minimum absolute atomic E-state index is 0.187. The maximum atomic E-state index is 11.2. The molecule has 14 heavy (non-hydrogen) atoms. The summed E-state index contributed by atoms with van der Waals surface area (Å²) in [5, 5.41) is 0. The average Bonchev–Trinajstić information content (AvgIpc) is 2.12. The van der Waals surface area contributed by atoms with E-state index in [0.29, 0.717) is 16.9 Å². The molecule has 0 aliphatic heterocycles. The standard InChI is InChI=1S/C9H11BrN2O2/c1-2-14-8(13)4-6-3-7(11)5-12-9(6)10/h3,5H,2,4,11H2,1H3. The Bertz CT molecular complexity index is 342. The molecule has 0 spiro atoms. The van der Waals surface area contributed by atoms with Crippen molar-refractivity contribution < 1.29 is 9.53 Å². The predicted molar refractivity (Wildman–Crippen MR) is 56.7 cm³/mol. The molecule has 0 amide bonds. The Hall–Kier alpha value is -1.10. The van der Waals surface area contributed by atoms with Crippen LogP contribution in [0.3, 0.4) is 0 Å². The lowest BCUT2D eigenvalue weighted by Crippen LogP contribution is -2.08. The molecule has 1 aromatic heterocycles. The van der Waals surface area contributed by atoms with E-state index < -0.39 is 0 Å². The molecule has 0 bridgehead atoms. The quantitative estimate of drug-likeness (QED) is 0.660. The van der Waals surface area contributed by atoms with Crippen molar-refractivity contribution in [3.05, 3.63) is 22.4 Å². The van der Waals surface area contributed by atoms with Crippen LogP contribution in [0.25, 0.3) is 0 Å². The van der Waals surface area contributed by atoms with Crippen molar-refractivity contribution in [3.8, 4) is 0 Å². The number of halogens is 1. The maximum absolute atomic E-state index is 11.2. The van der Waals surface area contributed by atoms with Crippen LogP contribution in [-0.4, -0.2) is 17.6 Å². The second kappa shape index (κ2) is 4.95. The number of carbonyl (C=O) groups excluding carboxylic acids is 1. The van der Waals surface area contributed by atoms with Crippen LogP contribution in [0.5, 0.6) is 0 Å².